The average Bonchev–Trinajstić information content (AvgIpc) is 2.89. The van der Waals surface area contributed by atoms with Crippen molar-refractivity contribution in [2.24, 2.45) is 0 Å². The molecule has 1 aromatic carbocycles. The lowest BCUT2D eigenvalue weighted by Crippen LogP contribution is -2.32. The van der Waals surface area contributed by atoms with Crippen LogP contribution in [0.3, 0.4) is 0 Å². The van der Waals surface area contributed by atoms with E-state index >= 15 is 0 Å². The van der Waals surface area contributed by atoms with Gasteiger partial charge in [-0.2, -0.15) is 0 Å². The molecule has 1 aromatic rings. The molecule has 0 radical (unpaired) electrons. The average molecular weight is 327 g/mol. The van der Waals surface area contributed by atoms with E-state index in [0.29, 0.717) is 12.1 Å². The van der Waals surface area contributed by atoms with Crippen molar-refractivity contribution in [3.05, 3.63) is 28.2 Å². The van der Waals surface area contributed by atoms with Gasteiger partial charge in [0.2, 0.25) is 0 Å². The molecule has 1 unspecified atom stereocenters. The maximum atomic E-state index is 5.46. The van der Waals surface area contributed by atoms with E-state index in [1.165, 1.54) is 11.3 Å². The van der Waals surface area contributed by atoms with Gasteiger partial charge in [0.05, 0.1) is 18.3 Å². The molecule has 1 atom stereocenters. The number of halogens is 1. The number of likely N-dealkylation sites (N-methyl/N-ethyl adjacent to an activating group) is 1. The maximum Gasteiger partial charge on any atom is 0.0670 e. The molecule has 0 aliphatic carbocycles. The minimum Gasteiger partial charge on any atom is -0.379 e. The zero-order valence-electron chi connectivity index (χ0n) is 11.9. The molecule has 1 aliphatic rings. The fraction of sp³-hybridized carbons (Fsp3) is 0.600. The molecule has 0 bridgehead atoms. The number of hydrogen-bond donors (Lipinski definition) is 1. The zero-order valence-corrected chi connectivity index (χ0v) is 13.5. The van der Waals surface area contributed by atoms with Crippen LogP contribution >= 0.6 is 15.9 Å². The van der Waals surface area contributed by atoms with Crippen molar-refractivity contribution in [3.63, 3.8) is 0 Å². The molecule has 1 fully saturated rings. The molecule has 1 N–H and O–H groups in total. The van der Waals surface area contributed by atoms with E-state index in [2.05, 4.69) is 65.2 Å². The lowest BCUT2D eigenvalue weighted by atomic mass is 10.1. The van der Waals surface area contributed by atoms with Gasteiger partial charge in [0.15, 0.2) is 0 Å². The molecular formula is C15H23BrN2O. The molecule has 19 heavy (non-hydrogen) atoms. The number of hydrogen-bond acceptors (Lipinski definition) is 3. The standard InChI is InChI=1S/C15H23BrN2O/c1-11(2)17-9-12-4-5-15(14(16)8-12)18(3)13-6-7-19-10-13/h4-5,8,11,13,17H,6-7,9-10H2,1-3H3. The summed E-state index contributed by atoms with van der Waals surface area (Å²) in [7, 11) is 2.14. The second kappa shape index (κ2) is 6.73. The normalized spacial score (nSPS) is 19.1. The Labute approximate surface area is 124 Å². The fourth-order valence-corrected chi connectivity index (χ4v) is 3.00. The molecule has 2 rings (SSSR count). The van der Waals surface area contributed by atoms with Crippen molar-refractivity contribution < 1.29 is 4.74 Å². The van der Waals surface area contributed by atoms with Crippen LogP contribution in [0.2, 0.25) is 0 Å². The summed E-state index contributed by atoms with van der Waals surface area (Å²) < 4.78 is 6.62. The van der Waals surface area contributed by atoms with E-state index in [9.17, 15) is 0 Å². The molecule has 106 valence electrons. The molecule has 1 aliphatic heterocycles. The van der Waals surface area contributed by atoms with Crippen LogP contribution < -0.4 is 10.2 Å². The molecule has 0 aromatic heterocycles. The van der Waals surface area contributed by atoms with Crippen LogP contribution in [0.5, 0.6) is 0 Å². The summed E-state index contributed by atoms with van der Waals surface area (Å²) in [6, 6.07) is 7.60. The molecule has 0 amide bonds. The maximum absolute atomic E-state index is 5.46. The van der Waals surface area contributed by atoms with Gasteiger partial charge >= 0.3 is 0 Å². The van der Waals surface area contributed by atoms with Crippen LogP contribution in [0, 0.1) is 0 Å². The molecular weight excluding hydrogens is 304 g/mol. The lowest BCUT2D eigenvalue weighted by molar-refractivity contribution is 0.193. The Kier molecular flexibility index (Phi) is 5.25. The SMILES string of the molecule is CC(C)NCc1ccc(N(C)C2CCOC2)c(Br)c1. The van der Waals surface area contributed by atoms with Gasteiger partial charge in [-0.25, -0.2) is 0 Å². The van der Waals surface area contributed by atoms with Gasteiger partial charge in [0, 0.05) is 30.7 Å². The topological polar surface area (TPSA) is 24.5 Å². The summed E-state index contributed by atoms with van der Waals surface area (Å²) in [4.78, 5) is 2.32. The minimum absolute atomic E-state index is 0.496. The first-order valence-corrected chi connectivity index (χ1v) is 7.69. The van der Waals surface area contributed by atoms with Gasteiger partial charge in [-0.3, -0.25) is 0 Å². The van der Waals surface area contributed by atoms with Crippen molar-refractivity contribution in [3.8, 4) is 0 Å². The number of nitrogens with one attached hydrogen (secondary N) is 1. The second-order valence-corrected chi connectivity index (χ2v) is 6.30. The molecule has 0 spiro atoms. The third kappa shape index (κ3) is 3.94. The molecule has 0 saturated carbocycles. The van der Waals surface area contributed by atoms with Gasteiger partial charge < -0.3 is 15.0 Å². The third-order valence-electron chi connectivity index (χ3n) is 3.56. The largest absolute Gasteiger partial charge is 0.379 e. The molecule has 4 heteroatoms. The number of nitrogens with zero attached hydrogens (tertiary/aromatic N) is 1. The fourth-order valence-electron chi connectivity index (χ4n) is 2.29. The Balaban J connectivity index is 2.05. The first-order valence-electron chi connectivity index (χ1n) is 6.90. The van der Waals surface area contributed by atoms with E-state index < -0.39 is 0 Å². The highest BCUT2D eigenvalue weighted by molar-refractivity contribution is 9.10. The van der Waals surface area contributed by atoms with Crippen LogP contribution in [-0.4, -0.2) is 32.3 Å². The van der Waals surface area contributed by atoms with Crippen molar-refractivity contribution in [1.82, 2.24) is 5.32 Å². The number of ether oxygens (including phenoxy) is 1. The number of anilines is 1. The summed E-state index contributed by atoms with van der Waals surface area (Å²) >= 11 is 3.69. The summed E-state index contributed by atoms with van der Waals surface area (Å²) in [6.07, 6.45) is 1.11. The van der Waals surface area contributed by atoms with Crippen molar-refractivity contribution in [1.29, 1.82) is 0 Å². The van der Waals surface area contributed by atoms with Gasteiger partial charge in [-0.15, -0.1) is 0 Å². The van der Waals surface area contributed by atoms with E-state index in [1.54, 1.807) is 0 Å². The minimum atomic E-state index is 0.496. The predicted molar refractivity (Wildman–Crippen MR) is 83.7 cm³/mol. The van der Waals surface area contributed by atoms with Crippen LogP contribution in [-0.2, 0) is 11.3 Å². The Bertz CT molecular complexity index is 417. The second-order valence-electron chi connectivity index (χ2n) is 5.45. The Hall–Kier alpha value is -0.580. The number of benzene rings is 1. The van der Waals surface area contributed by atoms with E-state index in [-0.39, 0.29) is 0 Å². The highest BCUT2D eigenvalue weighted by Crippen LogP contribution is 2.29. The first kappa shape index (κ1) is 14.8. The third-order valence-corrected chi connectivity index (χ3v) is 4.20. The highest BCUT2D eigenvalue weighted by atomic mass is 79.9. The number of rotatable bonds is 5. The summed E-state index contributed by atoms with van der Waals surface area (Å²) in [5, 5.41) is 3.44. The van der Waals surface area contributed by atoms with Gasteiger partial charge in [-0.05, 0) is 40.0 Å². The highest BCUT2D eigenvalue weighted by Gasteiger charge is 2.21. The van der Waals surface area contributed by atoms with E-state index in [1.807, 2.05) is 0 Å². The quantitative estimate of drug-likeness (QED) is 0.899. The Morgan fingerprint density at radius 1 is 1.47 bits per heavy atom. The molecule has 1 saturated heterocycles. The van der Waals surface area contributed by atoms with Crippen molar-refractivity contribution in [2.45, 2.75) is 38.9 Å². The lowest BCUT2D eigenvalue weighted by Gasteiger charge is -2.26. The smallest absolute Gasteiger partial charge is 0.0670 e. The first-order chi connectivity index (χ1) is 9.08. The van der Waals surface area contributed by atoms with E-state index in [0.717, 1.165) is 30.7 Å². The van der Waals surface area contributed by atoms with Crippen LogP contribution in [0.1, 0.15) is 25.8 Å². The van der Waals surface area contributed by atoms with Crippen molar-refractivity contribution >= 4 is 21.6 Å². The van der Waals surface area contributed by atoms with E-state index in [4.69, 9.17) is 4.74 Å². The van der Waals surface area contributed by atoms with Crippen LogP contribution in [0.15, 0.2) is 22.7 Å². The van der Waals surface area contributed by atoms with Gasteiger partial charge in [0.1, 0.15) is 0 Å². The Morgan fingerprint density at radius 2 is 2.26 bits per heavy atom. The summed E-state index contributed by atoms with van der Waals surface area (Å²) in [5.74, 6) is 0. The van der Waals surface area contributed by atoms with Gasteiger partial charge in [-0.1, -0.05) is 19.9 Å². The monoisotopic (exact) mass is 326 g/mol. The Morgan fingerprint density at radius 3 is 2.84 bits per heavy atom. The van der Waals surface area contributed by atoms with Crippen LogP contribution in [0.4, 0.5) is 5.69 Å². The molecule has 1 heterocycles. The zero-order chi connectivity index (χ0) is 13.8. The van der Waals surface area contributed by atoms with Crippen molar-refractivity contribution in [2.75, 3.05) is 25.2 Å². The van der Waals surface area contributed by atoms with Crippen LogP contribution in [0.25, 0.3) is 0 Å². The van der Waals surface area contributed by atoms with Gasteiger partial charge in [0.25, 0.3) is 0 Å². The predicted octanol–water partition coefficient (Wildman–Crippen LogP) is 3.17. The molecule has 3 nitrogen and oxygen atoms in total. The summed E-state index contributed by atoms with van der Waals surface area (Å²) in [5.41, 5.74) is 2.55. The summed E-state index contributed by atoms with van der Waals surface area (Å²) in [6.45, 7) is 6.95.